The van der Waals surface area contributed by atoms with E-state index in [1.54, 1.807) is 48.5 Å². The molecule has 0 spiro atoms. The third kappa shape index (κ3) is 3.42. The second-order valence-electron chi connectivity index (χ2n) is 6.18. The van der Waals surface area contributed by atoms with Crippen LogP contribution in [0.3, 0.4) is 0 Å². The zero-order valence-corrected chi connectivity index (χ0v) is 15.6. The average Bonchev–Trinajstić information content (AvgIpc) is 3.04. The lowest BCUT2D eigenvalue weighted by Crippen LogP contribution is -2.17. The van der Waals surface area contributed by atoms with Crippen LogP contribution in [0.4, 0.5) is 5.69 Å². The molecule has 1 aliphatic rings. The highest BCUT2D eigenvalue weighted by Crippen LogP contribution is 2.36. The number of fused-ring (bicyclic) bond motifs is 1. The molecule has 3 aromatic rings. The summed E-state index contributed by atoms with van der Waals surface area (Å²) in [6, 6.07) is 17.7. The molecule has 0 bridgehead atoms. The van der Waals surface area contributed by atoms with Gasteiger partial charge in [-0.3, -0.25) is 9.59 Å². The van der Waals surface area contributed by atoms with Crippen LogP contribution in [-0.2, 0) is 6.54 Å². The molecule has 1 aliphatic heterocycles. The van der Waals surface area contributed by atoms with E-state index in [4.69, 9.17) is 23.2 Å². The standard InChI is InChI=1S/C21H14Cl2N2O2/c22-14-8-13(9-15(23)10-14)16-6-7-18(19-17(16)11-24-21(19)27)25-20(26)12-4-2-1-3-5-12/h1-10H,11H2,(H,24,27)(H,25,26). The number of carbonyl (C=O) groups excluding carboxylic acids is 2. The Hall–Kier alpha value is -2.82. The minimum absolute atomic E-state index is 0.219. The lowest BCUT2D eigenvalue weighted by atomic mass is 9.95. The van der Waals surface area contributed by atoms with Crippen LogP contribution < -0.4 is 10.6 Å². The number of hydrogen-bond acceptors (Lipinski definition) is 2. The molecule has 27 heavy (non-hydrogen) atoms. The highest BCUT2D eigenvalue weighted by molar-refractivity contribution is 6.35. The van der Waals surface area contributed by atoms with E-state index in [-0.39, 0.29) is 11.8 Å². The quantitative estimate of drug-likeness (QED) is 0.642. The molecule has 0 atom stereocenters. The zero-order valence-electron chi connectivity index (χ0n) is 14.1. The van der Waals surface area contributed by atoms with Gasteiger partial charge in [0.25, 0.3) is 11.8 Å². The van der Waals surface area contributed by atoms with Crippen LogP contribution in [0.15, 0.2) is 60.7 Å². The first kappa shape index (κ1) is 17.6. The van der Waals surface area contributed by atoms with E-state index >= 15 is 0 Å². The normalized spacial score (nSPS) is 12.4. The van der Waals surface area contributed by atoms with E-state index in [9.17, 15) is 9.59 Å². The molecule has 2 amide bonds. The Morgan fingerprint density at radius 1 is 0.963 bits per heavy atom. The second kappa shape index (κ2) is 7.06. The molecular weight excluding hydrogens is 383 g/mol. The Kier molecular flexibility index (Phi) is 4.60. The molecule has 0 fully saturated rings. The lowest BCUT2D eigenvalue weighted by Gasteiger charge is -2.13. The van der Waals surface area contributed by atoms with Crippen molar-refractivity contribution >= 4 is 40.7 Å². The van der Waals surface area contributed by atoms with Crippen molar-refractivity contribution in [2.75, 3.05) is 5.32 Å². The van der Waals surface area contributed by atoms with E-state index in [1.165, 1.54) is 0 Å². The van der Waals surface area contributed by atoms with Crippen molar-refractivity contribution in [3.63, 3.8) is 0 Å². The van der Waals surface area contributed by atoms with Crippen LogP contribution in [0.2, 0.25) is 10.0 Å². The summed E-state index contributed by atoms with van der Waals surface area (Å²) in [5.41, 5.74) is 3.95. The maximum atomic E-state index is 12.5. The fraction of sp³-hybridized carbons (Fsp3) is 0.0476. The highest BCUT2D eigenvalue weighted by Gasteiger charge is 2.27. The van der Waals surface area contributed by atoms with Gasteiger partial charge in [0.2, 0.25) is 0 Å². The number of rotatable bonds is 3. The lowest BCUT2D eigenvalue weighted by molar-refractivity contribution is 0.0966. The number of hydrogen-bond donors (Lipinski definition) is 2. The van der Waals surface area contributed by atoms with Crippen molar-refractivity contribution in [3.8, 4) is 11.1 Å². The second-order valence-corrected chi connectivity index (χ2v) is 7.05. The molecule has 4 rings (SSSR count). The predicted molar refractivity (Wildman–Crippen MR) is 107 cm³/mol. The van der Waals surface area contributed by atoms with Crippen molar-refractivity contribution in [1.82, 2.24) is 5.32 Å². The Morgan fingerprint density at radius 3 is 2.37 bits per heavy atom. The van der Waals surface area contributed by atoms with Gasteiger partial charge in [0.15, 0.2) is 0 Å². The third-order valence-corrected chi connectivity index (χ3v) is 4.86. The molecule has 0 radical (unpaired) electrons. The van der Waals surface area contributed by atoms with Crippen molar-refractivity contribution < 1.29 is 9.59 Å². The van der Waals surface area contributed by atoms with E-state index < -0.39 is 0 Å². The summed E-state index contributed by atoms with van der Waals surface area (Å²) in [6.07, 6.45) is 0. The van der Waals surface area contributed by atoms with Crippen LogP contribution in [-0.4, -0.2) is 11.8 Å². The Balaban J connectivity index is 1.77. The summed E-state index contributed by atoms with van der Waals surface area (Å²) in [5.74, 6) is -0.487. The van der Waals surface area contributed by atoms with Crippen LogP contribution in [0.5, 0.6) is 0 Å². The number of anilines is 1. The van der Waals surface area contributed by atoms with Crippen LogP contribution >= 0.6 is 23.2 Å². The summed E-state index contributed by atoms with van der Waals surface area (Å²) in [7, 11) is 0. The molecule has 0 saturated carbocycles. The molecule has 0 saturated heterocycles. The SMILES string of the molecule is O=C(Nc1ccc(-c2cc(Cl)cc(Cl)c2)c2c1C(=O)NC2)c1ccccc1. The first-order valence-electron chi connectivity index (χ1n) is 8.30. The van der Waals surface area contributed by atoms with Gasteiger partial charge >= 0.3 is 0 Å². The maximum absolute atomic E-state index is 12.5. The monoisotopic (exact) mass is 396 g/mol. The predicted octanol–water partition coefficient (Wildman–Crippen LogP) is 5.16. The molecule has 1 heterocycles. The minimum Gasteiger partial charge on any atom is -0.348 e. The highest BCUT2D eigenvalue weighted by atomic mass is 35.5. The van der Waals surface area contributed by atoms with Gasteiger partial charge in [-0.1, -0.05) is 47.5 Å². The van der Waals surface area contributed by atoms with Crippen LogP contribution in [0.25, 0.3) is 11.1 Å². The van der Waals surface area contributed by atoms with Crippen molar-refractivity contribution in [3.05, 3.63) is 87.4 Å². The maximum Gasteiger partial charge on any atom is 0.255 e. The van der Waals surface area contributed by atoms with Crippen LogP contribution in [0.1, 0.15) is 26.3 Å². The Morgan fingerprint density at radius 2 is 1.67 bits per heavy atom. The van der Waals surface area contributed by atoms with Gasteiger partial charge in [-0.25, -0.2) is 0 Å². The molecule has 6 heteroatoms. The van der Waals surface area contributed by atoms with Crippen LogP contribution in [0, 0.1) is 0 Å². The Labute approximate surface area is 166 Å². The molecular formula is C21H14Cl2N2O2. The molecule has 134 valence electrons. The molecule has 2 N–H and O–H groups in total. The third-order valence-electron chi connectivity index (χ3n) is 4.42. The van der Waals surface area contributed by atoms with E-state index in [2.05, 4.69) is 10.6 Å². The van der Waals surface area contributed by atoms with Gasteiger partial charge in [-0.15, -0.1) is 0 Å². The summed E-state index contributed by atoms with van der Waals surface area (Å²) >= 11 is 12.2. The fourth-order valence-electron chi connectivity index (χ4n) is 3.22. The molecule has 0 aliphatic carbocycles. The fourth-order valence-corrected chi connectivity index (χ4v) is 3.74. The summed E-state index contributed by atoms with van der Waals surface area (Å²) in [6.45, 7) is 0.378. The number of amides is 2. The first-order valence-corrected chi connectivity index (χ1v) is 9.05. The van der Waals surface area contributed by atoms with Crippen molar-refractivity contribution in [2.24, 2.45) is 0 Å². The summed E-state index contributed by atoms with van der Waals surface area (Å²) < 4.78 is 0. The smallest absolute Gasteiger partial charge is 0.255 e. The molecule has 4 nitrogen and oxygen atoms in total. The number of nitrogens with one attached hydrogen (secondary N) is 2. The van der Waals surface area contributed by atoms with Gasteiger partial charge in [0.1, 0.15) is 0 Å². The summed E-state index contributed by atoms with van der Waals surface area (Å²) in [4.78, 5) is 24.9. The van der Waals surface area contributed by atoms with E-state index in [1.807, 2.05) is 12.1 Å². The van der Waals surface area contributed by atoms with E-state index in [0.717, 1.165) is 16.7 Å². The number of halogens is 2. The van der Waals surface area contributed by atoms with Gasteiger partial charge in [-0.2, -0.15) is 0 Å². The molecule has 3 aromatic carbocycles. The van der Waals surface area contributed by atoms with E-state index in [0.29, 0.717) is 33.4 Å². The molecule has 0 unspecified atom stereocenters. The zero-order chi connectivity index (χ0) is 19.0. The number of carbonyl (C=O) groups is 2. The first-order chi connectivity index (χ1) is 13.0. The average molecular weight is 397 g/mol. The largest absolute Gasteiger partial charge is 0.348 e. The summed E-state index contributed by atoms with van der Waals surface area (Å²) in [5, 5.41) is 6.70. The minimum atomic E-state index is -0.268. The molecule has 0 aromatic heterocycles. The topological polar surface area (TPSA) is 58.2 Å². The Bertz CT molecular complexity index is 1050. The van der Waals surface area contributed by atoms with Crippen molar-refractivity contribution in [2.45, 2.75) is 6.54 Å². The van der Waals surface area contributed by atoms with Gasteiger partial charge in [0, 0.05) is 22.2 Å². The van der Waals surface area contributed by atoms with Gasteiger partial charge in [-0.05, 0) is 53.1 Å². The van der Waals surface area contributed by atoms with Crippen molar-refractivity contribution in [1.29, 1.82) is 0 Å². The van der Waals surface area contributed by atoms with Gasteiger partial charge in [0.05, 0.1) is 11.3 Å². The number of benzene rings is 3. The van der Waals surface area contributed by atoms with Gasteiger partial charge < -0.3 is 10.6 Å².